The summed E-state index contributed by atoms with van der Waals surface area (Å²) >= 11 is 0. The predicted molar refractivity (Wildman–Crippen MR) is 88.8 cm³/mol. The summed E-state index contributed by atoms with van der Waals surface area (Å²) in [5.74, 6) is -2.14. The van der Waals surface area contributed by atoms with Crippen molar-refractivity contribution in [1.29, 1.82) is 0 Å². The third-order valence-electron chi connectivity index (χ3n) is 4.14. The number of methoxy groups -OCH3 is 2. The van der Waals surface area contributed by atoms with E-state index in [4.69, 9.17) is 4.74 Å². The fourth-order valence-electron chi connectivity index (χ4n) is 2.86. The molecule has 1 atom stereocenters. The highest BCUT2D eigenvalue weighted by molar-refractivity contribution is 6.03. The van der Waals surface area contributed by atoms with E-state index in [0.717, 1.165) is 27.1 Å². The second-order valence-corrected chi connectivity index (χ2v) is 7.21. The predicted octanol–water partition coefficient (Wildman–Crippen LogP) is 1.63. The van der Waals surface area contributed by atoms with Crippen molar-refractivity contribution in [3.63, 3.8) is 0 Å². The normalized spacial score (nSPS) is 18.5. The Balaban J connectivity index is 2.84. The first-order valence-electron chi connectivity index (χ1n) is 8.44. The van der Waals surface area contributed by atoms with Gasteiger partial charge >= 0.3 is 18.0 Å². The van der Waals surface area contributed by atoms with Crippen LogP contribution in [0.2, 0.25) is 0 Å². The summed E-state index contributed by atoms with van der Waals surface area (Å²) in [6.07, 6.45) is 2.10. The third-order valence-corrected chi connectivity index (χ3v) is 4.14. The first kappa shape index (κ1) is 21.2. The van der Waals surface area contributed by atoms with Crippen LogP contribution < -0.4 is 0 Å². The average molecular weight is 359 g/mol. The van der Waals surface area contributed by atoms with Gasteiger partial charge in [-0.05, 0) is 46.5 Å². The molecule has 1 aliphatic rings. The Labute approximate surface area is 148 Å². The number of aliphatic hydroxyl groups is 1. The SMILES string of the molecule is COC(=O)C(O)(CCC1CCCCN1C(=O)OC(C)(C)C)C(=O)OC. The van der Waals surface area contributed by atoms with Gasteiger partial charge in [0.1, 0.15) is 5.60 Å². The highest BCUT2D eigenvalue weighted by atomic mass is 16.6. The van der Waals surface area contributed by atoms with Gasteiger partial charge in [0.25, 0.3) is 5.60 Å². The maximum absolute atomic E-state index is 12.4. The quantitative estimate of drug-likeness (QED) is 0.452. The molecule has 0 aromatic carbocycles. The molecule has 1 rings (SSSR count). The zero-order valence-electron chi connectivity index (χ0n) is 15.7. The van der Waals surface area contributed by atoms with E-state index >= 15 is 0 Å². The van der Waals surface area contributed by atoms with Crippen molar-refractivity contribution in [1.82, 2.24) is 4.90 Å². The van der Waals surface area contributed by atoms with E-state index in [9.17, 15) is 19.5 Å². The van der Waals surface area contributed by atoms with E-state index in [1.807, 2.05) is 0 Å². The molecule has 25 heavy (non-hydrogen) atoms. The van der Waals surface area contributed by atoms with E-state index in [1.54, 1.807) is 25.7 Å². The average Bonchev–Trinajstić information content (AvgIpc) is 2.56. The zero-order valence-corrected chi connectivity index (χ0v) is 15.7. The number of carbonyl (C=O) groups excluding carboxylic acids is 3. The second kappa shape index (κ2) is 8.51. The van der Waals surface area contributed by atoms with E-state index in [1.165, 1.54) is 0 Å². The number of carbonyl (C=O) groups is 3. The number of piperidine rings is 1. The van der Waals surface area contributed by atoms with Crippen molar-refractivity contribution in [3.8, 4) is 0 Å². The summed E-state index contributed by atoms with van der Waals surface area (Å²) in [6.45, 7) is 5.90. The zero-order chi connectivity index (χ0) is 19.3. The molecule has 0 spiro atoms. The van der Waals surface area contributed by atoms with Gasteiger partial charge in [-0.25, -0.2) is 14.4 Å². The lowest BCUT2D eigenvalue weighted by Crippen LogP contribution is -2.51. The van der Waals surface area contributed by atoms with Gasteiger partial charge in [-0.1, -0.05) is 0 Å². The maximum atomic E-state index is 12.4. The molecule has 0 saturated carbocycles. The van der Waals surface area contributed by atoms with Crippen LogP contribution in [0.5, 0.6) is 0 Å². The van der Waals surface area contributed by atoms with Crippen LogP contribution in [-0.4, -0.2) is 66.0 Å². The Bertz CT molecular complexity index is 482. The molecule has 1 aliphatic heterocycles. The van der Waals surface area contributed by atoms with Crippen molar-refractivity contribution in [2.24, 2.45) is 0 Å². The van der Waals surface area contributed by atoms with E-state index in [0.29, 0.717) is 13.0 Å². The summed E-state index contributed by atoms with van der Waals surface area (Å²) < 4.78 is 14.5. The molecular formula is C17H29NO7. The van der Waals surface area contributed by atoms with E-state index in [-0.39, 0.29) is 18.9 Å². The van der Waals surface area contributed by atoms with Gasteiger partial charge in [0.2, 0.25) is 0 Å². The molecule has 144 valence electrons. The first-order chi connectivity index (χ1) is 11.5. The molecule has 1 amide bonds. The summed E-state index contributed by atoms with van der Waals surface area (Å²) in [5, 5.41) is 10.4. The van der Waals surface area contributed by atoms with Crippen LogP contribution in [-0.2, 0) is 23.8 Å². The van der Waals surface area contributed by atoms with Crippen molar-refractivity contribution in [2.45, 2.75) is 70.1 Å². The number of hydrogen-bond donors (Lipinski definition) is 1. The molecule has 1 saturated heterocycles. The number of hydrogen-bond acceptors (Lipinski definition) is 7. The molecule has 0 bridgehead atoms. The summed E-state index contributed by atoms with van der Waals surface area (Å²) in [7, 11) is 2.17. The van der Waals surface area contributed by atoms with Crippen LogP contribution in [0.15, 0.2) is 0 Å². The van der Waals surface area contributed by atoms with Gasteiger partial charge in [0.05, 0.1) is 14.2 Å². The third kappa shape index (κ3) is 5.59. The van der Waals surface area contributed by atoms with Crippen LogP contribution in [0.3, 0.4) is 0 Å². The van der Waals surface area contributed by atoms with Crippen LogP contribution in [0.4, 0.5) is 4.79 Å². The van der Waals surface area contributed by atoms with Gasteiger partial charge in [0, 0.05) is 19.0 Å². The number of likely N-dealkylation sites (tertiary alicyclic amines) is 1. The van der Waals surface area contributed by atoms with Crippen molar-refractivity contribution in [3.05, 3.63) is 0 Å². The molecule has 0 aromatic rings. The number of nitrogens with zero attached hydrogens (tertiary/aromatic N) is 1. The topological polar surface area (TPSA) is 102 Å². The van der Waals surface area contributed by atoms with Crippen LogP contribution in [0, 0.1) is 0 Å². The van der Waals surface area contributed by atoms with Gasteiger partial charge < -0.3 is 24.2 Å². The van der Waals surface area contributed by atoms with Gasteiger partial charge in [-0.3, -0.25) is 0 Å². The molecule has 8 nitrogen and oxygen atoms in total. The van der Waals surface area contributed by atoms with Gasteiger partial charge in [-0.2, -0.15) is 0 Å². The second-order valence-electron chi connectivity index (χ2n) is 7.21. The highest BCUT2D eigenvalue weighted by Gasteiger charge is 2.47. The minimum Gasteiger partial charge on any atom is -0.466 e. The maximum Gasteiger partial charge on any atom is 0.410 e. The van der Waals surface area contributed by atoms with Crippen LogP contribution in [0.1, 0.15) is 52.9 Å². The molecule has 0 aromatic heterocycles. The fourth-order valence-corrected chi connectivity index (χ4v) is 2.86. The lowest BCUT2D eigenvalue weighted by molar-refractivity contribution is -0.181. The Morgan fingerprint density at radius 3 is 2.12 bits per heavy atom. The number of esters is 2. The minimum absolute atomic E-state index is 0.198. The van der Waals surface area contributed by atoms with E-state index < -0.39 is 29.2 Å². The fraction of sp³-hybridized carbons (Fsp3) is 0.824. The smallest absolute Gasteiger partial charge is 0.410 e. The van der Waals surface area contributed by atoms with Crippen LogP contribution in [0.25, 0.3) is 0 Å². The van der Waals surface area contributed by atoms with Gasteiger partial charge in [-0.15, -0.1) is 0 Å². The Hall–Kier alpha value is -1.83. The molecular weight excluding hydrogens is 330 g/mol. The molecule has 1 fully saturated rings. The molecule has 8 heteroatoms. The summed E-state index contributed by atoms with van der Waals surface area (Å²) in [5.41, 5.74) is -2.99. The largest absolute Gasteiger partial charge is 0.466 e. The first-order valence-corrected chi connectivity index (χ1v) is 8.44. The lowest BCUT2D eigenvalue weighted by atomic mass is 9.91. The molecule has 0 aliphatic carbocycles. The Kier molecular flexibility index (Phi) is 7.22. The summed E-state index contributed by atoms with van der Waals surface area (Å²) in [4.78, 5) is 37.7. The standard InChI is InChI=1S/C17H29NO7/c1-16(2,3)25-15(21)18-11-7-6-8-12(18)9-10-17(22,13(19)23-4)14(20)24-5/h12,22H,6-11H2,1-5H3. The Morgan fingerprint density at radius 2 is 1.64 bits per heavy atom. The molecule has 0 radical (unpaired) electrons. The van der Waals surface area contributed by atoms with Crippen molar-refractivity contribution < 1.29 is 33.7 Å². The molecule has 1 N–H and O–H groups in total. The Morgan fingerprint density at radius 1 is 1.08 bits per heavy atom. The molecule has 1 unspecified atom stereocenters. The lowest BCUT2D eigenvalue weighted by Gasteiger charge is -2.37. The number of rotatable bonds is 5. The van der Waals surface area contributed by atoms with E-state index in [2.05, 4.69) is 9.47 Å². The number of amides is 1. The van der Waals surface area contributed by atoms with Gasteiger partial charge in [0.15, 0.2) is 0 Å². The molecule has 1 heterocycles. The number of ether oxygens (including phenoxy) is 3. The monoisotopic (exact) mass is 359 g/mol. The van der Waals surface area contributed by atoms with Crippen LogP contribution >= 0.6 is 0 Å². The minimum atomic E-state index is -2.37. The van der Waals surface area contributed by atoms with Crippen molar-refractivity contribution >= 4 is 18.0 Å². The summed E-state index contributed by atoms with van der Waals surface area (Å²) in [6, 6.07) is -0.232. The van der Waals surface area contributed by atoms with Crippen molar-refractivity contribution in [2.75, 3.05) is 20.8 Å². The highest BCUT2D eigenvalue weighted by Crippen LogP contribution is 2.27.